The summed E-state index contributed by atoms with van der Waals surface area (Å²) in [6, 6.07) is 5.79. The van der Waals surface area contributed by atoms with Crippen molar-refractivity contribution in [3.05, 3.63) is 46.6 Å². The Kier molecular flexibility index (Phi) is 6.21. The van der Waals surface area contributed by atoms with E-state index in [4.69, 9.17) is 16.0 Å². The molecule has 9 heteroatoms. The summed E-state index contributed by atoms with van der Waals surface area (Å²) in [6.07, 6.45) is 0. The molecule has 25 heavy (non-hydrogen) atoms. The molecular formula is C16H20ClN3O4S. The number of hydrogen-bond acceptors (Lipinski definition) is 5. The van der Waals surface area contributed by atoms with Gasteiger partial charge in [-0.3, -0.25) is 4.79 Å². The van der Waals surface area contributed by atoms with Gasteiger partial charge in [-0.15, -0.1) is 0 Å². The minimum atomic E-state index is -3.73. The molecule has 0 bridgehead atoms. The van der Waals surface area contributed by atoms with Crippen LogP contribution in [-0.2, 0) is 16.6 Å². The Balaban J connectivity index is 2.13. The molecule has 0 aliphatic rings. The average molecular weight is 386 g/mol. The highest BCUT2D eigenvalue weighted by atomic mass is 35.5. The molecule has 1 aromatic carbocycles. The highest BCUT2D eigenvalue weighted by Gasteiger charge is 2.22. The van der Waals surface area contributed by atoms with E-state index in [-0.39, 0.29) is 28.9 Å². The summed E-state index contributed by atoms with van der Waals surface area (Å²) in [5.41, 5.74) is 0.199. The van der Waals surface area contributed by atoms with E-state index in [2.05, 4.69) is 9.71 Å². The molecule has 136 valence electrons. The van der Waals surface area contributed by atoms with E-state index >= 15 is 0 Å². The zero-order valence-electron chi connectivity index (χ0n) is 14.2. The fourth-order valence-corrected chi connectivity index (χ4v) is 3.34. The topological polar surface area (TPSA) is 92.5 Å². The molecule has 0 unspecified atom stereocenters. The molecule has 7 nitrogen and oxygen atoms in total. The van der Waals surface area contributed by atoms with Crippen LogP contribution in [-0.4, -0.2) is 37.3 Å². The lowest BCUT2D eigenvalue weighted by atomic mass is 10.3. The summed E-state index contributed by atoms with van der Waals surface area (Å²) in [7, 11) is -3.73. The molecule has 0 aliphatic carbocycles. The number of amides is 1. The van der Waals surface area contributed by atoms with Crippen molar-refractivity contribution in [2.24, 2.45) is 0 Å². The maximum atomic E-state index is 12.3. The molecular weight excluding hydrogens is 366 g/mol. The van der Waals surface area contributed by atoms with Gasteiger partial charge in [-0.1, -0.05) is 11.6 Å². The first-order chi connectivity index (χ1) is 11.8. The van der Waals surface area contributed by atoms with Crippen molar-refractivity contribution < 1.29 is 17.6 Å². The Morgan fingerprint density at radius 3 is 2.40 bits per heavy atom. The predicted molar refractivity (Wildman–Crippen MR) is 94.0 cm³/mol. The molecule has 0 fully saturated rings. The number of aromatic nitrogens is 1. The highest BCUT2D eigenvalue weighted by Crippen LogP contribution is 2.16. The molecule has 0 aliphatic heterocycles. The fraction of sp³-hybridized carbons (Fsp3) is 0.375. The van der Waals surface area contributed by atoms with Crippen molar-refractivity contribution in [3.8, 4) is 0 Å². The van der Waals surface area contributed by atoms with Gasteiger partial charge in [0.2, 0.25) is 15.9 Å². The van der Waals surface area contributed by atoms with E-state index in [0.29, 0.717) is 23.9 Å². The van der Waals surface area contributed by atoms with Crippen LogP contribution in [0.4, 0.5) is 0 Å². The molecule has 1 heterocycles. The second kappa shape index (κ2) is 7.99. The predicted octanol–water partition coefficient (Wildman–Crippen LogP) is 2.60. The SMILES string of the molecule is CCN(CC)C(=O)c1nc(CNS(=O)(=O)c2ccc(Cl)cc2)oc1C. The molecule has 1 N–H and O–H groups in total. The number of benzene rings is 1. The molecule has 0 saturated carbocycles. The zero-order chi connectivity index (χ0) is 18.6. The Labute approximate surface area is 152 Å². The van der Waals surface area contributed by atoms with E-state index in [1.54, 1.807) is 11.8 Å². The second-order valence-corrected chi connectivity index (χ2v) is 7.47. The highest BCUT2D eigenvalue weighted by molar-refractivity contribution is 7.89. The maximum absolute atomic E-state index is 12.3. The van der Waals surface area contributed by atoms with E-state index in [0.717, 1.165) is 0 Å². The van der Waals surface area contributed by atoms with Gasteiger partial charge < -0.3 is 9.32 Å². The summed E-state index contributed by atoms with van der Waals surface area (Å²) in [6.45, 7) is 6.33. The number of nitrogens with zero attached hydrogens (tertiary/aromatic N) is 2. The van der Waals surface area contributed by atoms with Gasteiger partial charge in [0, 0.05) is 18.1 Å². The Hall–Kier alpha value is -1.90. The fourth-order valence-electron chi connectivity index (χ4n) is 2.24. The summed E-state index contributed by atoms with van der Waals surface area (Å²) >= 11 is 5.76. The van der Waals surface area contributed by atoms with Crippen molar-refractivity contribution in [1.29, 1.82) is 0 Å². The van der Waals surface area contributed by atoms with Crippen molar-refractivity contribution in [1.82, 2.24) is 14.6 Å². The monoisotopic (exact) mass is 385 g/mol. The molecule has 1 amide bonds. The van der Waals surface area contributed by atoms with E-state index < -0.39 is 10.0 Å². The Morgan fingerprint density at radius 1 is 1.24 bits per heavy atom. The van der Waals surface area contributed by atoms with Crippen molar-refractivity contribution >= 4 is 27.5 Å². The van der Waals surface area contributed by atoms with Gasteiger partial charge in [-0.2, -0.15) is 0 Å². The summed E-state index contributed by atoms with van der Waals surface area (Å²) in [5, 5.41) is 0.446. The maximum Gasteiger partial charge on any atom is 0.276 e. The smallest absolute Gasteiger partial charge is 0.276 e. The van der Waals surface area contributed by atoms with Gasteiger partial charge in [-0.05, 0) is 45.0 Å². The van der Waals surface area contributed by atoms with Crippen LogP contribution in [0, 0.1) is 6.92 Å². The van der Waals surface area contributed by atoms with Crippen LogP contribution in [0.5, 0.6) is 0 Å². The number of aryl methyl sites for hydroxylation is 1. The molecule has 2 rings (SSSR count). The van der Waals surface area contributed by atoms with Gasteiger partial charge in [0.05, 0.1) is 11.4 Å². The minimum Gasteiger partial charge on any atom is -0.444 e. The summed E-state index contributed by atoms with van der Waals surface area (Å²) in [4.78, 5) is 18.2. The minimum absolute atomic E-state index is 0.0830. The zero-order valence-corrected chi connectivity index (χ0v) is 15.8. The third-order valence-electron chi connectivity index (χ3n) is 3.63. The van der Waals surface area contributed by atoms with Gasteiger partial charge in [0.25, 0.3) is 5.91 Å². The van der Waals surface area contributed by atoms with Crippen LogP contribution in [0.25, 0.3) is 0 Å². The lowest BCUT2D eigenvalue weighted by Gasteiger charge is -2.16. The standard InChI is InChI=1S/C16H20ClN3O4S/c1-4-20(5-2)16(21)15-11(3)24-14(19-15)10-18-25(22,23)13-8-6-12(17)7-9-13/h6-9,18H,4-5,10H2,1-3H3. The van der Waals surface area contributed by atoms with Gasteiger partial charge in [0.1, 0.15) is 5.76 Å². The number of sulfonamides is 1. The Morgan fingerprint density at radius 2 is 1.84 bits per heavy atom. The number of nitrogens with one attached hydrogen (secondary N) is 1. The quantitative estimate of drug-likeness (QED) is 0.790. The lowest BCUT2D eigenvalue weighted by molar-refractivity contribution is 0.0766. The van der Waals surface area contributed by atoms with Crippen LogP contribution in [0.3, 0.4) is 0 Å². The van der Waals surface area contributed by atoms with Crippen molar-refractivity contribution in [2.75, 3.05) is 13.1 Å². The second-order valence-electron chi connectivity index (χ2n) is 5.27. The normalized spacial score (nSPS) is 11.5. The number of halogens is 1. The van der Waals surface area contributed by atoms with Crippen molar-refractivity contribution in [2.45, 2.75) is 32.2 Å². The van der Waals surface area contributed by atoms with Crippen LogP contribution >= 0.6 is 11.6 Å². The van der Waals surface area contributed by atoms with Gasteiger partial charge in [0.15, 0.2) is 5.69 Å². The number of carbonyl (C=O) groups excluding carboxylic acids is 1. The largest absolute Gasteiger partial charge is 0.444 e. The van der Waals surface area contributed by atoms with E-state index in [1.165, 1.54) is 24.3 Å². The van der Waals surface area contributed by atoms with Crippen LogP contribution in [0.2, 0.25) is 5.02 Å². The molecule has 1 aromatic heterocycles. The van der Waals surface area contributed by atoms with E-state index in [1.807, 2.05) is 13.8 Å². The first-order valence-corrected chi connectivity index (χ1v) is 9.65. The van der Waals surface area contributed by atoms with E-state index in [9.17, 15) is 13.2 Å². The first kappa shape index (κ1) is 19.4. The summed E-state index contributed by atoms with van der Waals surface area (Å²) < 4.78 is 32.3. The molecule has 2 aromatic rings. The molecule has 0 spiro atoms. The first-order valence-electron chi connectivity index (χ1n) is 7.79. The van der Waals surface area contributed by atoms with Crippen LogP contribution < -0.4 is 4.72 Å². The molecule has 0 saturated heterocycles. The third-order valence-corrected chi connectivity index (χ3v) is 5.30. The van der Waals surface area contributed by atoms with Crippen LogP contribution in [0.15, 0.2) is 33.6 Å². The van der Waals surface area contributed by atoms with Gasteiger partial charge >= 0.3 is 0 Å². The van der Waals surface area contributed by atoms with Crippen LogP contribution in [0.1, 0.15) is 36.0 Å². The third kappa shape index (κ3) is 4.59. The number of carbonyl (C=O) groups is 1. The Bertz CT molecular complexity index is 843. The summed E-state index contributed by atoms with van der Waals surface area (Å²) in [5.74, 6) is 0.251. The van der Waals surface area contributed by atoms with Crippen molar-refractivity contribution in [3.63, 3.8) is 0 Å². The molecule has 0 atom stereocenters. The molecule has 0 radical (unpaired) electrons. The average Bonchev–Trinajstić information content (AvgIpc) is 2.95. The number of rotatable bonds is 7. The lowest BCUT2D eigenvalue weighted by Crippen LogP contribution is -2.31. The number of oxazole rings is 1. The number of hydrogen-bond donors (Lipinski definition) is 1. The van der Waals surface area contributed by atoms with Gasteiger partial charge in [-0.25, -0.2) is 18.1 Å².